The smallest absolute Gasteiger partial charge is 0.307 e. The molecule has 1 saturated carbocycles. The van der Waals surface area contributed by atoms with Crippen LogP contribution in [0.3, 0.4) is 0 Å². The average molecular weight is 381 g/mol. The fraction of sp³-hybridized carbons (Fsp3) is 0.200. The predicted octanol–water partition coefficient (Wildman–Crippen LogP) is 4.44. The van der Waals surface area contributed by atoms with Crippen LogP contribution in [0.2, 0.25) is 5.02 Å². The van der Waals surface area contributed by atoms with E-state index in [4.69, 9.17) is 16.7 Å². The van der Waals surface area contributed by atoms with E-state index in [1.165, 1.54) is 0 Å². The minimum atomic E-state index is -0.852. The van der Waals surface area contributed by atoms with Gasteiger partial charge in [0.1, 0.15) is 5.82 Å². The number of nitrogens with one attached hydrogen (secondary N) is 1. The topological polar surface area (TPSA) is 88.0 Å². The Morgan fingerprint density at radius 2 is 1.74 bits per heavy atom. The molecule has 0 radical (unpaired) electrons. The minimum Gasteiger partial charge on any atom is -0.481 e. The van der Waals surface area contributed by atoms with Crippen molar-refractivity contribution < 1.29 is 9.90 Å². The minimum absolute atomic E-state index is 0.00141. The second kappa shape index (κ2) is 7.32. The molecular formula is C20H17ClN4O2. The van der Waals surface area contributed by atoms with Gasteiger partial charge in [0.2, 0.25) is 5.95 Å². The number of carboxylic acid groups (broad SMARTS) is 1. The number of hydrogen-bond donors (Lipinski definition) is 2. The van der Waals surface area contributed by atoms with Crippen molar-refractivity contribution in [3.8, 4) is 11.4 Å². The lowest BCUT2D eigenvalue weighted by atomic mass is 10.1. The molecular weight excluding hydrogens is 364 g/mol. The molecule has 3 aromatic rings. The van der Waals surface area contributed by atoms with E-state index in [0.29, 0.717) is 22.7 Å². The van der Waals surface area contributed by atoms with Crippen molar-refractivity contribution in [2.45, 2.75) is 25.2 Å². The highest BCUT2D eigenvalue weighted by Crippen LogP contribution is 2.39. The summed E-state index contributed by atoms with van der Waals surface area (Å²) in [5, 5.41) is 12.7. The molecule has 27 heavy (non-hydrogen) atoms. The number of nitrogens with zero attached hydrogens (tertiary/aromatic N) is 3. The lowest BCUT2D eigenvalue weighted by Gasteiger charge is -2.09. The lowest BCUT2D eigenvalue weighted by molar-refractivity contribution is -0.136. The van der Waals surface area contributed by atoms with Crippen LogP contribution in [0.25, 0.3) is 11.4 Å². The molecule has 7 heteroatoms. The number of rotatable bonds is 6. The fourth-order valence-corrected chi connectivity index (χ4v) is 2.84. The summed E-state index contributed by atoms with van der Waals surface area (Å²) in [7, 11) is 0. The van der Waals surface area contributed by atoms with Gasteiger partial charge in [-0.25, -0.2) is 4.98 Å². The van der Waals surface area contributed by atoms with Crippen LogP contribution in [0, 0.1) is 0 Å². The Balaban J connectivity index is 1.61. The van der Waals surface area contributed by atoms with Crippen LogP contribution in [0.1, 0.15) is 30.1 Å². The van der Waals surface area contributed by atoms with E-state index in [9.17, 15) is 4.79 Å². The SMILES string of the molecule is O=C(O)Cc1ccc(Nc2nc(-c3ccc(Cl)cc3)nc(C3CC3)n2)cc1. The number of hydrogen-bond acceptors (Lipinski definition) is 5. The Bertz CT molecular complexity index is 970. The van der Waals surface area contributed by atoms with Crippen LogP contribution in [0.4, 0.5) is 11.6 Å². The van der Waals surface area contributed by atoms with E-state index >= 15 is 0 Å². The maximum Gasteiger partial charge on any atom is 0.307 e. The quantitative estimate of drug-likeness (QED) is 0.657. The normalized spacial score (nSPS) is 13.4. The molecule has 1 heterocycles. The maximum absolute atomic E-state index is 10.8. The number of anilines is 2. The van der Waals surface area contributed by atoms with E-state index in [1.54, 1.807) is 12.1 Å². The van der Waals surface area contributed by atoms with Gasteiger partial charge in [0, 0.05) is 22.2 Å². The average Bonchev–Trinajstić information content (AvgIpc) is 3.49. The second-order valence-corrected chi connectivity index (χ2v) is 6.95. The monoisotopic (exact) mass is 380 g/mol. The molecule has 136 valence electrons. The highest BCUT2D eigenvalue weighted by Gasteiger charge is 2.28. The highest BCUT2D eigenvalue weighted by molar-refractivity contribution is 6.30. The van der Waals surface area contributed by atoms with Crippen LogP contribution in [0.15, 0.2) is 48.5 Å². The standard InChI is InChI=1S/C20H17ClN4O2/c21-15-7-5-14(6-8-15)19-23-18(13-3-4-13)24-20(25-19)22-16-9-1-12(2-10-16)11-17(26)27/h1-2,5-10,13H,3-4,11H2,(H,26,27)(H,22,23,24,25). The van der Waals surface area contributed by atoms with Crippen molar-refractivity contribution in [2.75, 3.05) is 5.32 Å². The third-order valence-corrected chi connectivity index (χ3v) is 4.52. The summed E-state index contributed by atoms with van der Waals surface area (Å²) in [5.74, 6) is 1.41. The molecule has 1 aliphatic rings. The van der Waals surface area contributed by atoms with Crippen molar-refractivity contribution in [3.05, 3.63) is 64.9 Å². The van der Waals surface area contributed by atoms with Gasteiger partial charge in [0.15, 0.2) is 5.82 Å². The number of aromatic nitrogens is 3. The van der Waals surface area contributed by atoms with Crippen LogP contribution in [0.5, 0.6) is 0 Å². The van der Waals surface area contributed by atoms with Crippen LogP contribution in [-0.2, 0) is 11.2 Å². The molecule has 0 spiro atoms. The predicted molar refractivity (Wildman–Crippen MR) is 103 cm³/mol. The molecule has 2 N–H and O–H groups in total. The van der Waals surface area contributed by atoms with Crippen molar-refractivity contribution in [1.29, 1.82) is 0 Å². The first kappa shape index (κ1) is 17.4. The molecule has 0 saturated heterocycles. The third-order valence-electron chi connectivity index (χ3n) is 4.26. The first-order valence-electron chi connectivity index (χ1n) is 8.66. The molecule has 0 atom stereocenters. The summed E-state index contributed by atoms with van der Waals surface area (Å²) in [4.78, 5) is 24.5. The Kier molecular flexibility index (Phi) is 4.73. The largest absolute Gasteiger partial charge is 0.481 e. The van der Waals surface area contributed by atoms with Crippen molar-refractivity contribution in [3.63, 3.8) is 0 Å². The summed E-state index contributed by atoms with van der Waals surface area (Å²) >= 11 is 5.97. The van der Waals surface area contributed by atoms with Gasteiger partial charge in [-0.2, -0.15) is 9.97 Å². The zero-order chi connectivity index (χ0) is 18.8. The number of carboxylic acids is 1. The van der Waals surface area contributed by atoms with Gasteiger partial charge in [-0.15, -0.1) is 0 Å². The summed E-state index contributed by atoms with van der Waals surface area (Å²) < 4.78 is 0. The molecule has 4 rings (SSSR count). The lowest BCUT2D eigenvalue weighted by Crippen LogP contribution is -2.05. The van der Waals surface area contributed by atoms with E-state index in [0.717, 1.165) is 35.5 Å². The van der Waals surface area contributed by atoms with Gasteiger partial charge in [-0.1, -0.05) is 23.7 Å². The number of aliphatic carboxylic acids is 1. The molecule has 0 amide bonds. The van der Waals surface area contributed by atoms with Gasteiger partial charge in [0.05, 0.1) is 6.42 Å². The third kappa shape index (κ3) is 4.41. The summed E-state index contributed by atoms with van der Waals surface area (Å²) in [6.45, 7) is 0. The Morgan fingerprint density at radius 3 is 2.37 bits per heavy atom. The molecule has 1 fully saturated rings. The molecule has 2 aromatic carbocycles. The molecule has 0 aliphatic heterocycles. The number of halogens is 1. The first-order chi connectivity index (χ1) is 13.1. The van der Waals surface area contributed by atoms with Gasteiger partial charge >= 0.3 is 5.97 Å². The Morgan fingerprint density at radius 1 is 1.04 bits per heavy atom. The van der Waals surface area contributed by atoms with Crippen molar-refractivity contribution in [1.82, 2.24) is 15.0 Å². The summed E-state index contributed by atoms with van der Waals surface area (Å²) in [6, 6.07) is 14.6. The van der Waals surface area contributed by atoms with Crippen molar-refractivity contribution >= 4 is 29.2 Å². The van der Waals surface area contributed by atoms with Gasteiger partial charge in [0.25, 0.3) is 0 Å². The van der Waals surface area contributed by atoms with E-state index < -0.39 is 5.97 Å². The summed E-state index contributed by atoms with van der Waals surface area (Å²) in [5.41, 5.74) is 2.41. The zero-order valence-corrected chi connectivity index (χ0v) is 15.1. The first-order valence-corrected chi connectivity index (χ1v) is 9.04. The molecule has 6 nitrogen and oxygen atoms in total. The highest BCUT2D eigenvalue weighted by atomic mass is 35.5. The van der Waals surface area contributed by atoms with Crippen molar-refractivity contribution in [2.24, 2.45) is 0 Å². The second-order valence-electron chi connectivity index (χ2n) is 6.51. The maximum atomic E-state index is 10.8. The summed E-state index contributed by atoms with van der Waals surface area (Å²) in [6.07, 6.45) is 2.18. The number of carbonyl (C=O) groups is 1. The van der Waals surface area contributed by atoms with Gasteiger partial charge < -0.3 is 10.4 Å². The molecule has 0 unspecified atom stereocenters. The molecule has 1 aromatic heterocycles. The van der Waals surface area contributed by atoms with E-state index in [2.05, 4.69) is 20.3 Å². The van der Waals surface area contributed by atoms with Crippen LogP contribution >= 0.6 is 11.6 Å². The molecule has 0 bridgehead atoms. The van der Waals surface area contributed by atoms with Gasteiger partial charge in [-0.3, -0.25) is 4.79 Å². The number of benzene rings is 2. The van der Waals surface area contributed by atoms with E-state index in [-0.39, 0.29) is 6.42 Å². The Labute approximate surface area is 161 Å². The fourth-order valence-electron chi connectivity index (χ4n) is 2.71. The van der Waals surface area contributed by atoms with Gasteiger partial charge in [-0.05, 0) is 54.8 Å². The molecule has 1 aliphatic carbocycles. The van der Waals surface area contributed by atoms with Crippen LogP contribution in [-0.4, -0.2) is 26.0 Å². The Hall–Kier alpha value is -2.99. The van der Waals surface area contributed by atoms with E-state index in [1.807, 2.05) is 36.4 Å². The zero-order valence-electron chi connectivity index (χ0n) is 14.4. The van der Waals surface area contributed by atoms with Crippen LogP contribution < -0.4 is 5.32 Å².